The molecule has 4 heteroatoms. The molecule has 0 aliphatic carbocycles. The van der Waals surface area contributed by atoms with E-state index in [1.807, 2.05) is 4.90 Å². The average molecular weight is 330 g/mol. The molecule has 1 unspecified atom stereocenters. The highest BCUT2D eigenvalue weighted by atomic mass is 16.2. The van der Waals surface area contributed by atoms with Crippen LogP contribution in [0.15, 0.2) is 24.3 Å². The molecule has 1 aliphatic heterocycles. The van der Waals surface area contributed by atoms with Gasteiger partial charge >= 0.3 is 0 Å². The molecular formula is C20H30N2O2. The van der Waals surface area contributed by atoms with Crippen molar-refractivity contribution < 1.29 is 9.59 Å². The molecule has 1 saturated heterocycles. The van der Waals surface area contributed by atoms with Gasteiger partial charge in [-0.2, -0.15) is 0 Å². The number of piperidine rings is 1. The number of rotatable bonds is 6. The van der Waals surface area contributed by atoms with Gasteiger partial charge in [0.25, 0.3) is 0 Å². The standard InChI is InChI=1S/C20H30N2O2/c1-4-15(2)18-7-5-17(6-8-18)9-12-21-20(24)19-10-13-22(14-11-19)16(3)23/h5-8,15,19H,4,9-14H2,1-3H3,(H,21,24). The van der Waals surface area contributed by atoms with Crippen LogP contribution in [0.3, 0.4) is 0 Å². The molecule has 1 fully saturated rings. The van der Waals surface area contributed by atoms with Crippen LogP contribution in [0.2, 0.25) is 0 Å². The summed E-state index contributed by atoms with van der Waals surface area (Å²) in [5.41, 5.74) is 2.64. The van der Waals surface area contributed by atoms with Gasteiger partial charge in [-0.3, -0.25) is 9.59 Å². The van der Waals surface area contributed by atoms with Gasteiger partial charge in [0.1, 0.15) is 0 Å². The lowest BCUT2D eigenvalue weighted by Crippen LogP contribution is -2.42. The van der Waals surface area contributed by atoms with Crippen molar-refractivity contribution in [2.24, 2.45) is 5.92 Å². The van der Waals surface area contributed by atoms with E-state index < -0.39 is 0 Å². The van der Waals surface area contributed by atoms with E-state index in [0.717, 1.165) is 25.7 Å². The van der Waals surface area contributed by atoms with Gasteiger partial charge in [-0.15, -0.1) is 0 Å². The number of likely N-dealkylation sites (tertiary alicyclic amines) is 1. The number of nitrogens with one attached hydrogen (secondary N) is 1. The van der Waals surface area contributed by atoms with E-state index in [2.05, 4.69) is 43.4 Å². The summed E-state index contributed by atoms with van der Waals surface area (Å²) in [5, 5.41) is 3.05. The highest BCUT2D eigenvalue weighted by Crippen LogP contribution is 2.19. The van der Waals surface area contributed by atoms with Crippen LogP contribution >= 0.6 is 0 Å². The molecular weight excluding hydrogens is 300 g/mol. The molecule has 0 saturated carbocycles. The maximum Gasteiger partial charge on any atom is 0.223 e. The second-order valence-electron chi connectivity index (χ2n) is 6.87. The average Bonchev–Trinajstić information content (AvgIpc) is 2.61. The van der Waals surface area contributed by atoms with Crippen LogP contribution in [0.25, 0.3) is 0 Å². The highest BCUT2D eigenvalue weighted by Gasteiger charge is 2.25. The number of carbonyl (C=O) groups is 2. The Morgan fingerprint density at radius 3 is 2.38 bits per heavy atom. The van der Waals surface area contributed by atoms with E-state index in [-0.39, 0.29) is 17.7 Å². The van der Waals surface area contributed by atoms with Gasteiger partial charge in [0.2, 0.25) is 11.8 Å². The molecule has 1 aromatic carbocycles. The predicted octanol–water partition coefficient (Wildman–Crippen LogP) is 3.12. The van der Waals surface area contributed by atoms with E-state index in [0.29, 0.717) is 25.6 Å². The number of hydrogen-bond donors (Lipinski definition) is 1. The summed E-state index contributed by atoms with van der Waals surface area (Å²) in [4.78, 5) is 25.4. The summed E-state index contributed by atoms with van der Waals surface area (Å²) >= 11 is 0. The zero-order valence-corrected chi connectivity index (χ0v) is 15.2. The molecule has 0 spiro atoms. The van der Waals surface area contributed by atoms with Crippen molar-refractivity contribution >= 4 is 11.8 Å². The largest absolute Gasteiger partial charge is 0.356 e. The minimum atomic E-state index is 0.0494. The van der Waals surface area contributed by atoms with Crippen LogP contribution in [0.5, 0.6) is 0 Å². The maximum absolute atomic E-state index is 12.2. The van der Waals surface area contributed by atoms with Gasteiger partial charge in [-0.05, 0) is 42.7 Å². The van der Waals surface area contributed by atoms with Gasteiger partial charge < -0.3 is 10.2 Å². The van der Waals surface area contributed by atoms with Crippen molar-refractivity contribution in [3.05, 3.63) is 35.4 Å². The Morgan fingerprint density at radius 2 is 1.83 bits per heavy atom. The normalized spacial score (nSPS) is 16.7. The summed E-state index contributed by atoms with van der Waals surface area (Å²) < 4.78 is 0. The first-order valence-electron chi connectivity index (χ1n) is 9.13. The van der Waals surface area contributed by atoms with E-state index in [1.165, 1.54) is 11.1 Å². The third-order valence-corrected chi connectivity index (χ3v) is 5.19. The molecule has 0 radical (unpaired) electrons. The number of amides is 2. The molecule has 2 amide bonds. The lowest BCUT2D eigenvalue weighted by Gasteiger charge is -2.30. The Kier molecular flexibility index (Phi) is 6.83. The summed E-state index contributed by atoms with van der Waals surface area (Å²) in [7, 11) is 0. The van der Waals surface area contributed by atoms with Crippen LogP contribution in [-0.4, -0.2) is 36.3 Å². The third kappa shape index (κ3) is 5.08. The molecule has 4 nitrogen and oxygen atoms in total. The van der Waals surface area contributed by atoms with Gasteiger partial charge in [0.15, 0.2) is 0 Å². The van der Waals surface area contributed by atoms with Gasteiger partial charge in [0.05, 0.1) is 0 Å². The summed E-state index contributed by atoms with van der Waals surface area (Å²) in [6, 6.07) is 8.73. The molecule has 0 aromatic heterocycles. The quantitative estimate of drug-likeness (QED) is 0.871. The lowest BCUT2D eigenvalue weighted by atomic mass is 9.95. The minimum absolute atomic E-state index is 0.0494. The molecule has 1 N–H and O–H groups in total. The van der Waals surface area contributed by atoms with Crippen molar-refractivity contribution in [2.75, 3.05) is 19.6 Å². The van der Waals surface area contributed by atoms with Crippen LogP contribution in [-0.2, 0) is 16.0 Å². The van der Waals surface area contributed by atoms with Crippen molar-refractivity contribution in [2.45, 2.75) is 52.4 Å². The van der Waals surface area contributed by atoms with Gasteiger partial charge in [0, 0.05) is 32.5 Å². The number of nitrogens with zero attached hydrogens (tertiary/aromatic N) is 1. The topological polar surface area (TPSA) is 49.4 Å². The zero-order valence-electron chi connectivity index (χ0n) is 15.2. The summed E-state index contributed by atoms with van der Waals surface area (Å²) in [6.07, 6.45) is 3.56. The zero-order chi connectivity index (χ0) is 17.5. The fourth-order valence-electron chi connectivity index (χ4n) is 3.18. The molecule has 132 valence electrons. The first-order chi connectivity index (χ1) is 11.5. The highest BCUT2D eigenvalue weighted by molar-refractivity contribution is 5.79. The molecule has 2 rings (SSSR count). The Morgan fingerprint density at radius 1 is 1.21 bits per heavy atom. The number of carbonyl (C=O) groups excluding carboxylic acids is 2. The van der Waals surface area contributed by atoms with E-state index in [9.17, 15) is 9.59 Å². The first-order valence-corrected chi connectivity index (χ1v) is 9.13. The fourth-order valence-corrected chi connectivity index (χ4v) is 3.18. The van der Waals surface area contributed by atoms with Gasteiger partial charge in [-0.1, -0.05) is 38.1 Å². The number of hydrogen-bond acceptors (Lipinski definition) is 2. The third-order valence-electron chi connectivity index (χ3n) is 5.19. The maximum atomic E-state index is 12.2. The number of benzene rings is 1. The van der Waals surface area contributed by atoms with Crippen LogP contribution in [0.1, 0.15) is 57.1 Å². The van der Waals surface area contributed by atoms with Crippen LogP contribution in [0, 0.1) is 5.92 Å². The van der Waals surface area contributed by atoms with Crippen LogP contribution < -0.4 is 5.32 Å². The van der Waals surface area contributed by atoms with Crippen LogP contribution in [0.4, 0.5) is 0 Å². The fraction of sp³-hybridized carbons (Fsp3) is 0.600. The summed E-state index contributed by atoms with van der Waals surface area (Å²) in [5.74, 6) is 0.886. The van der Waals surface area contributed by atoms with Crippen molar-refractivity contribution in [1.82, 2.24) is 10.2 Å². The second-order valence-corrected chi connectivity index (χ2v) is 6.87. The molecule has 0 bridgehead atoms. The van der Waals surface area contributed by atoms with Crippen molar-refractivity contribution in [3.8, 4) is 0 Å². The predicted molar refractivity (Wildman–Crippen MR) is 96.8 cm³/mol. The molecule has 1 aromatic rings. The molecule has 1 atom stereocenters. The van der Waals surface area contributed by atoms with E-state index in [1.54, 1.807) is 6.92 Å². The summed E-state index contributed by atoms with van der Waals surface area (Å²) in [6.45, 7) is 8.11. The van der Waals surface area contributed by atoms with E-state index >= 15 is 0 Å². The smallest absolute Gasteiger partial charge is 0.223 e. The Bertz CT molecular complexity index is 545. The minimum Gasteiger partial charge on any atom is -0.356 e. The van der Waals surface area contributed by atoms with E-state index in [4.69, 9.17) is 0 Å². The molecule has 1 aliphatic rings. The SMILES string of the molecule is CCC(C)c1ccc(CCNC(=O)C2CCN(C(C)=O)CC2)cc1. The Labute approximate surface area is 145 Å². The molecule has 1 heterocycles. The second kappa shape index (κ2) is 8.86. The van der Waals surface area contributed by atoms with Crippen molar-refractivity contribution in [1.29, 1.82) is 0 Å². The lowest BCUT2D eigenvalue weighted by molar-refractivity contribution is -0.133. The van der Waals surface area contributed by atoms with Gasteiger partial charge in [-0.25, -0.2) is 0 Å². The Hall–Kier alpha value is -1.84. The first kappa shape index (κ1) is 18.5. The monoisotopic (exact) mass is 330 g/mol. The van der Waals surface area contributed by atoms with Crippen molar-refractivity contribution in [3.63, 3.8) is 0 Å². The molecule has 24 heavy (non-hydrogen) atoms. The Balaban J connectivity index is 1.72.